The number of aromatic nitrogens is 2. The van der Waals surface area contributed by atoms with Crippen molar-refractivity contribution < 1.29 is 14.3 Å². The monoisotopic (exact) mass is 465 g/mol. The maximum Gasteiger partial charge on any atom is 0.239 e. The standard InChI is InChI=1S/C24H23N3O3S2/c1-3-30-19-6-9-21-22(14-19)32-24(26-21)27(15-17-10-12-25-13-11-17)23(28)16-31-20-7-4-18(29-2)5-8-20/h4-14H,3,15-16H2,1-2H3. The van der Waals surface area contributed by atoms with Gasteiger partial charge in [-0.1, -0.05) is 11.3 Å². The first-order valence-electron chi connectivity index (χ1n) is 10.2. The molecule has 164 valence electrons. The first-order valence-corrected chi connectivity index (χ1v) is 12.0. The van der Waals surface area contributed by atoms with Gasteiger partial charge >= 0.3 is 0 Å². The number of anilines is 1. The van der Waals surface area contributed by atoms with Gasteiger partial charge in [0.25, 0.3) is 0 Å². The van der Waals surface area contributed by atoms with Crippen LogP contribution >= 0.6 is 23.1 Å². The third kappa shape index (κ3) is 5.38. The van der Waals surface area contributed by atoms with Gasteiger partial charge in [-0.2, -0.15) is 0 Å². The van der Waals surface area contributed by atoms with Crippen molar-refractivity contribution in [2.45, 2.75) is 18.4 Å². The normalized spacial score (nSPS) is 10.8. The Balaban J connectivity index is 1.57. The predicted molar refractivity (Wildman–Crippen MR) is 130 cm³/mol. The average molecular weight is 466 g/mol. The zero-order chi connectivity index (χ0) is 22.3. The van der Waals surface area contributed by atoms with Crippen LogP contribution in [0.3, 0.4) is 0 Å². The minimum Gasteiger partial charge on any atom is -0.497 e. The molecule has 1 amide bonds. The zero-order valence-corrected chi connectivity index (χ0v) is 19.5. The molecule has 2 aromatic heterocycles. The van der Waals surface area contributed by atoms with Gasteiger partial charge in [-0.05, 0) is 67.1 Å². The van der Waals surface area contributed by atoms with Crippen LogP contribution in [-0.4, -0.2) is 35.3 Å². The molecule has 0 unspecified atom stereocenters. The molecule has 0 aliphatic rings. The molecule has 0 saturated heterocycles. The first-order chi connectivity index (χ1) is 15.7. The molecule has 0 aliphatic carbocycles. The summed E-state index contributed by atoms with van der Waals surface area (Å²) in [6.45, 7) is 2.99. The number of hydrogen-bond acceptors (Lipinski definition) is 7. The number of fused-ring (bicyclic) bond motifs is 1. The van der Waals surface area contributed by atoms with E-state index in [-0.39, 0.29) is 5.91 Å². The molecule has 0 aliphatic heterocycles. The number of hydrogen-bond donors (Lipinski definition) is 0. The number of carbonyl (C=O) groups is 1. The Hall–Kier alpha value is -3.10. The van der Waals surface area contributed by atoms with Gasteiger partial charge in [0.1, 0.15) is 11.5 Å². The van der Waals surface area contributed by atoms with E-state index in [1.54, 1.807) is 24.4 Å². The van der Waals surface area contributed by atoms with Crippen LogP contribution in [0, 0.1) is 0 Å². The molecule has 0 saturated carbocycles. The smallest absolute Gasteiger partial charge is 0.239 e. The minimum absolute atomic E-state index is 0.00767. The molecule has 0 fully saturated rings. The summed E-state index contributed by atoms with van der Waals surface area (Å²) < 4.78 is 11.8. The summed E-state index contributed by atoms with van der Waals surface area (Å²) in [5.74, 6) is 1.89. The number of nitrogens with zero attached hydrogens (tertiary/aromatic N) is 3. The number of pyridine rings is 1. The van der Waals surface area contributed by atoms with E-state index in [9.17, 15) is 4.79 Å². The average Bonchev–Trinajstić information content (AvgIpc) is 3.25. The minimum atomic E-state index is -0.00767. The Morgan fingerprint density at radius 2 is 1.81 bits per heavy atom. The molecular weight excluding hydrogens is 442 g/mol. The Bertz CT molecular complexity index is 1180. The van der Waals surface area contributed by atoms with Crippen molar-refractivity contribution in [1.82, 2.24) is 9.97 Å². The van der Waals surface area contributed by atoms with Crippen molar-refractivity contribution in [1.29, 1.82) is 0 Å². The van der Waals surface area contributed by atoms with Gasteiger partial charge < -0.3 is 9.47 Å². The van der Waals surface area contributed by atoms with E-state index in [2.05, 4.69) is 4.98 Å². The zero-order valence-electron chi connectivity index (χ0n) is 17.9. The van der Waals surface area contributed by atoms with Gasteiger partial charge in [-0.3, -0.25) is 14.7 Å². The Morgan fingerprint density at radius 1 is 1.06 bits per heavy atom. The quantitative estimate of drug-likeness (QED) is 0.307. The van der Waals surface area contributed by atoms with Crippen molar-refractivity contribution in [2.75, 3.05) is 24.4 Å². The van der Waals surface area contributed by atoms with Crippen LogP contribution in [0.25, 0.3) is 10.2 Å². The molecule has 0 bridgehead atoms. The Morgan fingerprint density at radius 3 is 2.53 bits per heavy atom. The van der Waals surface area contributed by atoms with Crippen molar-refractivity contribution in [3.8, 4) is 11.5 Å². The molecular formula is C24H23N3O3S2. The fourth-order valence-corrected chi connectivity index (χ4v) is 4.88. The molecule has 0 N–H and O–H groups in total. The van der Waals surface area contributed by atoms with Crippen LogP contribution in [0.2, 0.25) is 0 Å². The summed E-state index contributed by atoms with van der Waals surface area (Å²) in [6, 6.07) is 17.3. The van der Waals surface area contributed by atoms with E-state index >= 15 is 0 Å². The number of carbonyl (C=O) groups excluding carboxylic acids is 1. The molecule has 4 aromatic rings. The summed E-state index contributed by atoms with van der Waals surface area (Å²) in [7, 11) is 1.64. The van der Waals surface area contributed by atoms with E-state index in [4.69, 9.17) is 14.5 Å². The van der Waals surface area contributed by atoms with Crippen LogP contribution in [0.4, 0.5) is 5.13 Å². The van der Waals surface area contributed by atoms with E-state index in [1.165, 1.54) is 23.1 Å². The number of benzene rings is 2. The number of methoxy groups -OCH3 is 1. The van der Waals surface area contributed by atoms with Gasteiger partial charge in [0, 0.05) is 17.3 Å². The lowest BCUT2D eigenvalue weighted by molar-refractivity contribution is -0.116. The number of amides is 1. The fraction of sp³-hybridized carbons (Fsp3) is 0.208. The van der Waals surface area contributed by atoms with Gasteiger partial charge in [-0.25, -0.2) is 4.98 Å². The van der Waals surface area contributed by atoms with Crippen molar-refractivity contribution in [2.24, 2.45) is 0 Å². The SMILES string of the molecule is CCOc1ccc2nc(N(Cc3ccncc3)C(=O)CSc3ccc(OC)cc3)sc2c1. The second-order valence-corrected chi connectivity index (χ2v) is 8.92. The highest BCUT2D eigenvalue weighted by molar-refractivity contribution is 8.00. The molecule has 0 spiro atoms. The van der Waals surface area contributed by atoms with Crippen LogP contribution in [0.15, 0.2) is 71.9 Å². The summed E-state index contributed by atoms with van der Waals surface area (Å²) in [6.07, 6.45) is 3.47. The number of thioether (sulfide) groups is 1. The number of ether oxygens (including phenoxy) is 2. The molecule has 2 aromatic carbocycles. The predicted octanol–water partition coefficient (Wildman–Crippen LogP) is 5.42. The molecule has 32 heavy (non-hydrogen) atoms. The third-order valence-corrected chi connectivity index (χ3v) is 6.74. The summed E-state index contributed by atoms with van der Waals surface area (Å²) >= 11 is 2.99. The highest BCUT2D eigenvalue weighted by Gasteiger charge is 2.21. The van der Waals surface area contributed by atoms with E-state index in [0.29, 0.717) is 24.0 Å². The van der Waals surface area contributed by atoms with E-state index in [1.807, 2.05) is 61.5 Å². The topological polar surface area (TPSA) is 64.5 Å². The summed E-state index contributed by atoms with van der Waals surface area (Å²) in [4.78, 5) is 24.9. The number of thiazole rings is 1. The van der Waals surface area contributed by atoms with Crippen LogP contribution in [0.5, 0.6) is 11.5 Å². The van der Waals surface area contributed by atoms with Crippen LogP contribution in [-0.2, 0) is 11.3 Å². The van der Waals surface area contributed by atoms with Gasteiger partial charge in [0.15, 0.2) is 5.13 Å². The maximum atomic E-state index is 13.3. The second kappa shape index (κ2) is 10.5. The molecule has 2 heterocycles. The molecule has 6 nitrogen and oxygen atoms in total. The van der Waals surface area contributed by atoms with Crippen LogP contribution in [0.1, 0.15) is 12.5 Å². The Kier molecular flexibility index (Phi) is 7.24. The van der Waals surface area contributed by atoms with Gasteiger partial charge in [0.2, 0.25) is 5.91 Å². The molecule has 4 rings (SSSR count). The summed E-state index contributed by atoms with van der Waals surface area (Å²) in [5, 5.41) is 0.672. The molecule has 0 atom stereocenters. The van der Waals surface area contributed by atoms with E-state index in [0.717, 1.165) is 32.2 Å². The largest absolute Gasteiger partial charge is 0.497 e. The van der Waals surface area contributed by atoms with Crippen molar-refractivity contribution in [3.63, 3.8) is 0 Å². The maximum absolute atomic E-state index is 13.3. The highest BCUT2D eigenvalue weighted by atomic mass is 32.2. The highest BCUT2D eigenvalue weighted by Crippen LogP contribution is 2.33. The molecule has 0 radical (unpaired) electrons. The van der Waals surface area contributed by atoms with E-state index < -0.39 is 0 Å². The second-order valence-electron chi connectivity index (χ2n) is 6.86. The lowest BCUT2D eigenvalue weighted by Gasteiger charge is -2.20. The van der Waals surface area contributed by atoms with Crippen LogP contribution < -0.4 is 14.4 Å². The fourth-order valence-electron chi connectivity index (χ4n) is 3.09. The van der Waals surface area contributed by atoms with Crippen molar-refractivity contribution in [3.05, 3.63) is 72.6 Å². The van der Waals surface area contributed by atoms with Gasteiger partial charge in [-0.15, -0.1) is 11.8 Å². The molecule has 8 heteroatoms. The summed E-state index contributed by atoms with van der Waals surface area (Å²) in [5.41, 5.74) is 1.85. The first kappa shape index (κ1) is 22.1. The lowest BCUT2D eigenvalue weighted by atomic mass is 10.2. The van der Waals surface area contributed by atoms with Crippen molar-refractivity contribution >= 4 is 44.4 Å². The number of rotatable bonds is 9. The lowest BCUT2D eigenvalue weighted by Crippen LogP contribution is -2.31. The van der Waals surface area contributed by atoms with Gasteiger partial charge in [0.05, 0.1) is 36.2 Å². The Labute approximate surface area is 195 Å². The third-order valence-electron chi connectivity index (χ3n) is 4.70.